The standard InChI is InChI=1S/C15H12FN3O5S/c1-9(25-12-5-2-10(3-6-12)18(21)22)15(20)17-14-8-11(19(23)24)4-7-13(14)16/h2-9H,1H3,(H,17,20). The number of carbonyl (C=O) groups is 1. The molecule has 1 atom stereocenters. The molecule has 0 spiro atoms. The van der Waals surface area contributed by atoms with E-state index in [1.165, 1.54) is 24.3 Å². The van der Waals surface area contributed by atoms with E-state index in [0.29, 0.717) is 4.90 Å². The lowest BCUT2D eigenvalue weighted by molar-refractivity contribution is -0.385. The number of halogens is 1. The number of hydrogen-bond acceptors (Lipinski definition) is 6. The largest absolute Gasteiger partial charge is 0.322 e. The maximum atomic E-state index is 13.7. The topological polar surface area (TPSA) is 115 Å². The molecule has 130 valence electrons. The van der Waals surface area contributed by atoms with E-state index in [9.17, 15) is 29.4 Å². The summed E-state index contributed by atoms with van der Waals surface area (Å²) in [5.41, 5.74) is -0.692. The van der Waals surface area contributed by atoms with Gasteiger partial charge in [0.15, 0.2) is 0 Å². The normalized spacial score (nSPS) is 11.6. The average molecular weight is 365 g/mol. The van der Waals surface area contributed by atoms with Crippen molar-refractivity contribution in [3.63, 3.8) is 0 Å². The fourth-order valence-corrected chi connectivity index (χ4v) is 2.73. The average Bonchev–Trinajstić information content (AvgIpc) is 2.57. The molecule has 0 radical (unpaired) electrons. The van der Waals surface area contributed by atoms with Crippen molar-refractivity contribution >= 4 is 34.7 Å². The van der Waals surface area contributed by atoms with Crippen LogP contribution in [0.4, 0.5) is 21.5 Å². The van der Waals surface area contributed by atoms with Gasteiger partial charge in [0.25, 0.3) is 11.4 Å². The number of nitro benzene ring substituents is 2. The Morgan fingerprint density at radius 1 is 1.08 bits per heavy atom. The Kier molecular flexibility index (Phi) is 5.65. The summed E-state index contributed by atoms with van der Waals surface area (Å²) >= 11 is 1.12. The van der Waals surface area contributed by atoms with Crippen LogP contribution in [0.3, 0.4) is 0 Å². The molecule has 2 aromatic rings. The van der Waals surface area contributed by atoms with Gasteiger partial charge in [-0.05, 0) is 25.1 Å². The fraction of sp³-hybridized carbons (Fsp3) is 0.133. The van der Waals surface area contributed by atoms with Crippen molar-refractivity contribution in [2.75, 3.05) is 5.32 Å². The molecule has 0 heterocycles. The number of non-ortho nitro benzene ring substituents is 2. The summed E-state index contributed by atoms with van der Waals surface area (Å²) in [6.07, 6.45) is 0. The molecular formula is C15H12FN3O5S. The van der Waals surface area contributed by atoms with Gasteiger partial charge in [0.1, 0.15) is 5.82 Å². The summed E-state index contributed by atoms with van der Waals surface area (Å²) in [6, 6.07) is 8.47. The number of thioether (sulfide) groups is 1. The van der Waals surface area contributed by atoms with Crippen LogP contribution in [0.25, 0.3) is 0 Å². The first-order chi connectivity index (χ1) is 11.8. The Morgan fingerprint density at radius 2 is 1.64 bits per heavy atom. The number of nitrogens with zero attached hydrogens (tertiary/aromatic N) is 2. The summed E-state index contributed by atoms with van der Waals surface area (Å²) in [5, 5.41) is 23.0. The van der Waals surface area contributed by atoms with Gasteiger partial charge in [-0.25, -0.2) is 4.39 Å². The van der Waals surface area contributed by atoms with Gasteiger partial charge in [0, 0.05) is 29.2 Å². The molecular weight excluding hydrogens is 353 g/mol. The maximum Gasteiger partial charge on any atom is 0.271 e. The summed E-state index contributed by atoms with van der Waals surface area (Å²) in [6.45, 7) is 1.57. The second-order valence-corrected chi connectivity index (χ2v) is 6.34. The molecule has 2 rings (SSSR count). The van der Waals surface area contributed by atoms with Gasteiger partial charge >= 0.3 is 0 Å². The van der Waals surface area contributed by atoms with Crippen LogP contribution in [0.2, 0.25) is 0 Å². The first-order valence-electron chi connectivity index (χ1n) is 6.94. The van der Waals surface area contributed by atoms with Crippen LogP contribution in [0.15, 0.2) is 47.4 Å². The molecule has 0 saturated heterocycles. The minimum Gasteiger partial charge on any atom is -0.322 e. The monoisotopic (exact) mass is 365 g/mol. The maximum absolute atomic E-state index is 13.7. The number of nitro groups is 2. The van der Waals surface area contributed by atoms with Gasteiger partial charge in [-0.15, -0.1) is 11.8 Å². The van der Waals surface area contributed by atoms with Crippen LogP contribution < -0.4 is 5.32 Å². The molecule has 1 unspecified atom stereocenters. The van der Waals surface area contributed by atoms with E-state index in [0.717, 1.165) is 30.0 Å². The van der Waals surface area contributed by atoms with Crippen LogP contribution in [-0.4, -0.2) is 21.0 Å². The Labute approximate surface area is 145 Å². The van der Waals surface area contributed by atoms with Gasteiger partial charge in [0.2, 0.25) is 5.91 Å². The molecule has 0 fully saturated rings. The van der Waals surface area contributed by atoms with Crippen LogP contribution in [-0.2, 0) is 4.79 Å². The van der Waals surface area contributed by atoms with Crippen LogP contribution in [0, 0.1) is 26.0 Å². The molecule has 8 nitrogen and oxygen atoms in total. The summed E-state index contributed by atoms with van der Waals surface area (Å²) in [5.74, 6) is -1.34. The van der Waals surface area contributed by atoms with E-state index >= 15 is 0 Å². The Balaban J connectivity index is 2.06. The highest BCUT2D eigenvalue weighted by molar-refractivity contribution is 8.00. The lowest BCUT2D eigenvalue weighted by Crippen LogP contribution is -2.23. The second kappa shape index (κ2) is 7.71. The number of amides is 1. The van der Waals surface area contributed by atoms with Crippen LogP contribution >= 0.6 is 11.8 Å². The molecule has 10 heteroatoms. The third-order valence-corrected chi connectivity index (χ3v) is 4.26. The molecule has 1 amide bonds. The molecule has 2 aromatic carbocycles. The van der Waals surface area contributed by atoms with Crippen molar-refractivity contribution in [1.82, 2.24) is 0 Å². The lowest BCUT2D eigenvalue weighted by atomic mass is 10.2. The smallest absolute Gasteiger partial charge is 0.271 e. The van der Waals surface area contributed by atoms with Crippen molar-refractivity contribution in [3.8, 4) is 0 Å². The third-order valence-electron chi connectivity index (χ3n) is 3.15. The number of anilines is 1. The molecule has 0 bridgehead atoms. The van der Waals surface area contributed by atoms with E-state index in [1.54, 1.807) is 6.92 Å². The van der Waals surface area contributed by atoms with Crippen molar-refractivity contribution in [2.24, 2.45) is 0 Å². The molecule has 0 aliphatic heterocycles. The molecule has 0 aliphatic rings. The fourth-order valence-electron chi connectivity index (χ4n) is 1.86. The zero-order valence-corrected chi connectivity index (χ0v) is 13.7. The van der Waals surface area contributed by atoms with Gasteiger partial charge in [-0.3, -0.25) is 25.0 Å². The van der Waals surface area contributed by atoms with E-state index in [4.69, 9.17) is 0 Å². The SMILES string of the molecule is CC(Sc1ccc([N+](=O)[O-])cc1)C(=O)Nc1cc([N+](=O)[O-])ccc1F. The quantitative estimate of drug-likeness (QED) is 0.473. The van der Waals surface area contributed by atoms with Gasteiger partial charge in [-0.2, -0.15) is 0 Å². The predicted octanol–water partition coefficient (Wildman–Crippen LogP) is 3.76. The van der Waals surface area contributed by atoms with Crippen molar-refractivity contribution in [3.05, 3.63) is 68.5 Å². The van der Waals surface area contributed by atoms with Gasteiger partial charge in [0.05, 0.1) is 20.8 Å². The zero-order valence-electron chi connectivity index (χ0n) is 12.8. The summed E-state index contributed by atoms with van der Waals surface area (Å²) < 4.78 is 13.7. The van der Waals surface area contributed by atoms with Crippen LogP contribution in [0.1, 0.15) is 6.92 Å². The minimum atomic E-state index is -0.786. The van der Waals surface area contributed by atoms with Crippen molar-refractivity contribution < 1.29 is 19.0 Å². The minimum absolute atomic E-state index is 0.0693. The van der Waals surface area contributed by atoms with Crippen LogP contribution in [0.5, 0.6) is 0 Å². The van der Waals surface area contributed by atoms with E-state index < -0.39 is 26.8 Å². The Morgan fingerprint density at radius 3 is 2.20 bits per heavy atom. The summed E-state index contributed by atoms with van der Waals surface area (Å²) in [4.78, 5) is 32.9. The van der Waals surface area contributed by atoms with E-state index in [-0.39, 0.29) is 17.1 Å². The summed E-state index contributed by atoms with van der Waals surface area (Å²) in [7, 11) is 0. The molecule has 0 saturated carbocycles. The highest BCUT2D eigenvalue weighted by atomic mass is 32.2. The predicted molar refractivity (Wildman–Crippen MR) is 90.1 cm³/mol. The van der Waals surface area contributed by atoms with Crippen molar-refractivity contribution in [2.45, 2.75) is 17.1 Å². The highest BCUT2D eigenvalue weighted by Crippen LogP contribution is 2.27. The first-order valence-corrected chi connectivity index (χ1v) is 7.82. The first kappa shape index (κ1) is 18.3. The molecule has 1 N–H and O–H groups in total. The zero-order chi connectivity index (χ0) is 18.6. The third kappa shape index (κ3) is 4.73. The van der Waals surface area contributed by atoms with Gasteiger partial charge < -0.3 is 5.32 Å². The molecule has 0 aromatic heterocycles. The van der Waals surface area contributed by atoms with Crippen molar-refractivity contribution in [1.29, 1.82) is 0 Å². The number of rotatable bonds is 6. The second-order valence-electron chi connectivity index (χ2n) is 4.92. The highest BCUT2D eigenvalue weighted by Gasteiger charge is 2.18. The Bertz CT molecular complexity index is 828. The molecule has 0 aliphatic carbocycles. The lowest BCUT2D eigenvalue weighted by Gasteiger charge is -2.12. The Hall–Kier alpha value is -3.01. The number of nitrogens with one attached hydrogen (secondary N) is 1. The number of benzene rings is 2. The number of carbonyl (C=O) groups excluding carboxylic acids is 1. The van der Waals surface area contributed by atoms with E-state index in [2.05, 4.69) is 5.32 Å². The van der Waals surface area contributed by atoms with E-state index in [1.807, 2.05) is 0 Å². The number of hydrogen-bond donors (Lipinski definition) is 1. The molecule has 25 heavy (non-hydrogen) atoms. The van der Waals surface area contributed by atoms with Gasteiger partial charge in [-0.1, -0.05) is 0 Å².